The van der Waals surface area contributed by atoms with Crippen LogP contribution in [0.25, 0.3) is 0 Å². The van der Waals surface area contributed by atoms with Crippen molar-refractivity contribution in [2.24, 2.45) is 29.6 Å². The van der Waals surface area contributed by atoms with E-state index in [1.165, 1.54) is 87.6 Å². The average Bonchev–Trinajstić information content (AvgIpc) is 0.843. The first-order valence-corrected chi connectivity index (χ1v) is 32.1. The molecule has 10 atom stereocenters. The van der Waals surface area contributed by atoms with E-state index in [9.17, 15) is 66.2 Å². The Bertz CT molecular complexity index is 2490. The minimum atomic E-state index is -5.19. The number of amides is 11. The van der Waals surface area contributed by atoms with Gasteiger partial charge in [-0.25, -0.2) is 0 Å². The highest BCUT2D eigenvalue weighted by molar-refractivity contribution is 5.99. The molecule has 11 amide bonds. The normalized spacial score (nSPS) is 24.6. The molecular formula is C63H113F3N12O14. The lowest BCUT2D eigenvalue weighted by atomic mass is 9.97. The van der Waals surface area contributed by atoms with Crippen molar-refractivity contribution in [1.82, 2.24) is 55.6 Å². The van der Waals surface area contributed by atoms with Gasteiger partial charge >= 0.3 is 6.18 Å². The molecule has 26 nitrogen and oxygen atoms in total. The summed E-state index contributed by atoms with van der Waals surface area (Å²) in [5.41, 5.74) is 0. The molecule has 0 bridgehead atoms. The number of aliphatic carboxylic acids is 1. The Hall–Kier alpha value is -6.65. The molecule has 1 aliphatic heterocycles. The maximum Gasteiger partial charge on any atom is 0.430 e. The average molecular weight is 1320 g/mol. The van der Waals surface area contributed by atoms with Crippen molar-refractivity contribution in [2.45, 2.75) is 216 Å². The fourth-order valence-corrected chi connectivity index (χ4v) is 11.0. The van der Waals surface area contributed by atoms with E-state index in [0.717, 1.165) is 29.4 Å². The molecule has 1 heterocycles. The summed E-state index contributed by atoms with van der Waals surface area (Å²) in [5.74, 6) is -11.8. The third kappa shape index (κ3) is 25.3. The number of hydrogen-bond acceptors (Lipinski definition) is 14. The van der Waals surface area contributed by atoms with Crippen molar-refractivity contribution in [3.05, 3.63) is 0 Å². The second-order valence-electron chi connectivity index (χ2n) is 26.5. The standard InChI is InChI=1S/C61H112N12O12.C2HF3O2/c1-24-28-44-58(82)66(18)34-48(75)67(19)45(31-36(5)6)55(79)65-50(39(11)12)60(84)68(20)46(32-37(7)8)54(78)62-41(15)53(77)63-42(16)57(81)69(21)47(33-38(9)10)59(83)72(29-30-73(25-2,26-3)27-4)35-49(76)70(22)51(40(13)14)61(85)71(23)52(43(17)74)56(80)64-44;3-2(4,5)1(6)7/h36-47,50-52,74H,24-35H2,1-23H3,(H3-,62,63,64,65,77,78,79,80);(H,6,7)/t41-,42+,43+,44-,45-,46-,47-,50-,51-,52-;/m0./s1. The minimum Gasteiger partial charge on any atom is -0.542 e. The van der Waals surface area contributed by atoms with Crippen molar-refractivity contribution in [3.63, 3.8) is 0 Å². The van der Waals surface area contributed by atoms with Crippen molar-refractivity contribution < 1.29 is 85.4 Å². The van der Waals surface area contributed by atoms with Crippen LogP contribution in [0.2, 0.25) is 0 Å². The van der Waals surface area contributed by atoms with E-state index >= 15 is 4.79 Å². The number of nitrogens with zero attached hydrogens (tertiary/aromatic N) is 8. The number of carbonyl (C=O) groups excluding carboxylic acids is 12. The van der Waals surface area contributed by atoms with Crippen LogP contribution in [0.4, 0.5) is 13.2 Å². The number of likely N-dealkylation sites (N-methyl/N-ethyl adjacent to an activating group) is 7. The fraction of sp³-hybridized carbons (Fsp3) is 0.810. The SMILES string of the molecule is CCC[C@@H]1NC(=O)[C@H]([C@@H](C)O)N(C)C(=O)[C@H](C(C)C)N(C)C(=O)CN(CC[N+](CC)(CC)CC)C(=O)[C@H](CC(C)C)N(C)C(=O)[C@@H](C)NC(=O)[C@H](C)NC(=O)[C@H](CC(C)C)N(C)C(=O)[C@H](C(C)C)NC(=O)[C@H](CC(C)C)N(C)C(=O)CN(C)C1=O.O=C([O-])C(F)(F)F. The summed E-state index contributed by atoms with van der Waals surface area (Å²) < 4.78 is 32.2. The first-order valence-electron chi connectivity index (χ1n) is 32.1. The smallest absolute Gasteiger partial charge is 0.430 e. The number of carboxylic acid groups (broad SMARTS) is 1. The van der Waals surface area contributed by atoms with Gasteiger partial charge in [-0.1, -0.05) is 82.6 Å². The van der Waals surface area contributed by atoms with Gasteiger partial charge in [0.25, 0.3) is 0 Å². The predicted octanol–water partition coefficient (Wildman–Crippen LogP) is 1.21. The quantitative estimate of drug-likeness (QED) is 0.128. The highest BCUT2D eigenvalue weighted by atomic mass is 19.4. The summed E-state index contributed by atoms with van der Waals surface area (Å²) in [7, 11) is 8.44. The number of aliphatic hydroxyl groups is 1. The van der Waals surface area contributed by atoms with E-state index in [-0.39, 0.29) is 50.0 Å². The lowest BCUT2D eigenvalue weighted by molar-refractivity contribution is -0.922. The maximum absolute atomic E-state index is 15.2. The summed E-state index contributed by atoms with van der Waals surface area (Å²) in [6.07, 6.45) is -5.69. The van der Waals surface area contributed by atoms with Gasteiger partial charge in [-0.05, 0) is 96.8 Å². The molecule has 92 heavy (non-hydrogen) atoms. The Labute approximate surface area is 544 Å². The number of nitrogens with one attached hydrogen (secondary N) is 4. The first-order chi connectivity index (χ1) is 42.2. The van der Waals surface area contributed by atoms with Gasteiger partial charge in [-0.15, -0.1) is 0 Å². The van der Waals surface area contributed by atoms with Gasteiger partial charge in [0.1, 0.15) is 66.9 Å². The van der Waals surface area contributed by atoms with Gasteiger partial charge in [0.2, 0.25) is 65.0 Å². The summed E-state index contributed by atoms with van der Waals surface area (Å²) in [6.45, 7) is 32.0. The number of carboxylic acids is 1. The number of carbonyl (C=O) groups is 12. The predicted molar refractivity (Wildman–Crippen MR) is 339 cm³/mol. The topological polar surface area (TPSA) is 319 Å². The van der Waals surface area contributed by atoms with Gasteiger partial charge in [0.05, 0.1) is 45.4 Å². The maximum atomic E-state index is 15.2. The summed E-state index contributed by atoms with van der Waals surface area (Å²) in [5, 5.41) is 31.0. The zero-order chi connectivity index (χ0) is 71.9. The lowest BCUT2D eigenvalue weighted by Crippen LogP contribution is -2.62. The molecule has 0 aromatic heterocycles. The van der Waals surface area contributed by atoms with Gasteiger partial charge < -0.3 is 75.1 Å². The molecule has 1 aliphatic rings. The third-order valence-electron chi connectivity index (χ3n) is 17.0. The first kappa shape index (κ1) is 85.3. The Morgan fingerprint density at radius 1 is 0.533 bits per heavy atom. The molecule has 0 aliphatic carbocycles. The zero-order valence-electron chi connectivity index (χ0n) is 59.1. The van der Waals surface area contributed by atoms with Gasteiger partial charge in [-0.3, -0.25) is 52.7 Å². The minimum absolute atomic E-state index is 0.0974. The van der Waals surface area contributed by atoms with Gasteiger partial charge in [0, 0.05) is 42.3 Å². The van der Waals surface area contributed by atoms with Gasteiger partial charge in [-0.2, -0.15) is 13.2 Å². The summed E-state index contributed by atoms with van der Waals surface area (Å²) in [4.78, 5) is 177. The molecule has 0 aromatic carbocycles. The number of rotatable bonds is 17. The Kier molecular flexibility index (Phi) is 35.7. The number of quaternary nitrogens is 1. The number of aliphatic hydroxyl groups excluding tert-OH is 1. The van der Waals surface area contributed by atoms with Crippen LogP contribution in [0, 0.1) is 29.6 Å². The highest BCUT2D eigenvalue weighted by Crippen LogP contribution is 2.22. The third-order valence-corrected chi connectivity index (χ3v) is 17.0. The Morgan fingerprint density at radius 2 is 0.967 bits per heavy atom. The molecular weight excluding hydrogens is 1210 g/mol. The van der Waals surface area contributed by atoms with Crippen LogP contribution >= 0.6 is 0 Å². The lowest BCUT2D eigenvalue weighted by Gasteiger charge is -2.40. The van der Waals surface area contributed by atoms with Crippen molar-refractivity contribution in [2.75, 3.05) is 88.1 Å². The van der Waals surface area contributed by atoms with E-state index in [4.69, 9.17) is 9.90 Å². The van der Waals surface area contributed by atoms with E-state index in [0.29, 0.717) is 17.4 Å². The second kappa shape index (κ2) is 38.5. The summed E-state index contributed by atoms with van der Waals surface area (Å²) >= 11 is 0. The highest BCUT2D eigenvalue weighted by Gasteiger charge is 2.43. The van der Waals surface area contributed by atoms with Crippen LogP contribution in [-0.2, 0) is 57.5 Å². The number of hydrogen-bond donors (Lipinski definition) is 5. The monoisotopic (exact) mass is 1320 g/mol. The molecule has 0 aromatic rings. The molecule has 0 radical (unpaired) electrons. The molecule has 0 saturated carbocycles. The van der Waals surface area contributed by atoms with Crippen molar-refractivity contribution in [1.29, 1.82) is 0 Å². The van der Waals surface area contributed by atoms with Crippen LogP contribution in [0.1, 0.15) is 150 Å². The Balaban J connectivity index is 0.0000111. The molecule has 29 heteroatoms. The molecule has 1 rings (SSSR count). The van der Waals surface area contributed by atoms with Crippen LogP contribution in [-0.4, -0.2) is 270 Å². The Morgan fingerprint density at radius 3 is 1.39 bits per heavy atom. The summed E-state index contributed by atoms with van der Waals surface area (Å²) in [6, 6.07) is -11.0. The van der Waals surface area contributed by atoms with Crippen LogP contribution < -0.4 is 26.4 Å². The van der Waals surface area contributed by atoms with Crippen LogP contribution in [0.15, 0.2) is 0 Å². The van der Waals surface area contributed by atoms with E-state index in [1.807, 2.05) is 62.3 Å². The fourth-order valence-electron chi connectivity index (χ4n) is 11.0. The van der Waals surface area contributed by atoms with Crippen LogP contribution in [0.3, 0.4) is 0 Å². The molecule has 530 valence electrons. The van der Waals surface area contributed by atoms with E-state index < -0.39 is 163 Å². The molecule has 1 saturated heterocycles. The van der Waals surface area contributed by atoms with Crippen LogP contribution in [0.5, 0.6) is 0 Å². The van der Waals surface area contributed by atoms with Gasteiger partial charge in [0.15, 0.2) is 0 Å². The van der Waals surface area contributed by atoms with Crippen molar-refractivity contribution >= 4 is 70.9 Å². The largest absolute Gasteiger partial charge is 0.542 e. The number of alkyl halides is 3. The second-order valence-corrected chi connectivity index (χ2v) is 26.5. The molecule has 1 fully saturated rings. The van der Waals surface area contributed by atoms with Crippen molar-refractivity contribution in [3.8, 4) is 0 Å². The van der Waals surface area contributed by atoms with E-state index in [1.54, 1.807) is 34.6 Å². The molecule has 0 spiro atoms. The van der Waals surface area contributed by atoms with E-state index in [2.05, 4.69) is 21.3 Å². The molecule has 5 N–H and O–H groups in total. The molecule has 0 unspecified atom stereocenters. The zero-order valence-corrected chi connectivity index (χ0v) is 59.1. The number of halogens is 3.